The van der Waals surface area contributed by atoms with Crippen molar-refractivity contribution in [2.24, 2.45) is 0 Å². The van der Waals surface area contributed by atoms with Crippen molar-refractivity contribution in [2.75, 3.05) is 51.1 Å². The zero-order valence-corrected chi connectivity index (χ0v) is 25.9. The number of benzene rings is 1. The fraction of sp³-hybridized carbons (Fsp3) is 0.353. The summed E-state index contributed by atoms with van der Waals surface area (Å²) in [6.07, 6.45) is 9.13. The molecule has 0 fully saturated rings. The minimum absolute atomic E-state index is 0.144. The molecule has 2 atom stereocenters. The Hall–Kier alpha value is -4.94. The normalized spacial score (nSPS) is 22.5. The maximum atomic E-state index is 13.7. The van der Waals surface area contributed by atoms with Gasteiger partial charge in [-0.2, -0.15) is 0 Å². The minimum atomic E-state index is -0.913. The van der Waals surface area contributed by atoms with Crippen LogP contribution in [0.5, 0.6) is 0 Å². The number of nitrogens with two attached hydrogens (primary N) is 1. The van der Waals surface area contributed by atoms with E-state index < -0.39 is 17.4 Å². The van der Waals surface area contributed by atoms with Crippen molar-refractivity contribution in [2.45, 2.75) is 37.6 Å². The molecule has 6 rings (SSSR count). The predicted octanol–water partition coefficient (Wildman–Crippen LogP) is 2.21. The molecule has 1 aromatic carbocycles. The molecule has 12 heteroatoms. The number of anilines is 2. The summed E-state index contributed by atoms with van der Waals surface area (Å²) in [4.78, 5) is 51.5. The Bertz CT molecular complexity index is 1760. The topological polar surface area (TPSA) is 173 Å². The number of carbonyl (C=O) groups excluding carboxylic acids is 3. The second-order valence-corrected chi connectivity index (χ2v) is 12.0. The van der Waals surface area contributed by atoms with Gasteiger partial charge in [0.15, 0.2) is 0 Å². The van der Waals surface area contributed by atoms with Crippen molar-refractivity contribution in [3.05, 3.63) is 87.4 Å². The summed E-state index contributed by atoms with van der Waals surface area (Å²) in [5.41, 5.74) is 11.3. The molecular formula is C34H37N7O5. The number of aryl methyl sites for hydroxylation is 1. The minimum Gasteiger partial charge on any atom is -0.398 e. The SMILES string of the molecule is Cc1cc(C[C@H]2NC(=O)c3cnc4c(c3)C[C@]3(C4)C(=O)Nc4ncc(cc43)/C=C/COCCOCCN(C)C2=O)cc(C=N)c1N. The molecule has 5 bridgehead atoms. The number of hydrogen-bond acceptors (Lipinski definition) is 9. The molecule has 0 radical (unpaired) electrons. The van der Waals surface area contributed by atoms with Gasteiger partial charge in [0.1, 0.15) is 11.9 Å². The number of amides is 3. The van der Waals surface area contributed by atoms with Crippen LogP contribution in [0, 0.1) is 12.3 Å². The van der Waals surface area contributed by atoms with Crippen LogP contribution in [0.1, 0.15) is 49.4 Å². The molecule has 238 valence electrons. The van der Waals surface area contributed by atoms with Crippen molar-refractivity contribution >= 4 is 41.5 Å². The standard InChI is InChI=1S/C34H37N7O5/c1-20-10-22(11-24(17-35)29(20)36)13-27-32(43)41(2)5-7-46-9-8-45-6-3-4-21-12-26-30(38-18-21)40-33(44)34(26)15-23-14-25(31(42)39-27)19-37-28(23)16-34/h3-4,10-12,14,17-19,27,35H,5-9,13,15-16,36H2,1-2H3,(H,39,42)(H,38,40,44)/b4-3+,35-17?/t27-,34-/m1/s1. The van der Waals surface area contributed by atoms with Crippen LogP contribution in [0.15, 0.2) is 42.7 Å². The molecule has 3 amide bonds. The fourth-order valence-electron chi connectivity index (χ4n) is 6.34. The van der Waals surface area contributed by atoms with E-state index in [1.165, 1.54) is 17.3 Å². The maximum Gasteiger partial charge on any atom is 0.253 e. The summed E-state index contributed by atoms with van der Waals surface area (Å²) < 4.78 is 11.4. The fourth-order valence-corrected chi connectivity index (χ4v) is 6.34. The van der Waals surface area contributed by atoms with Gasteiger partial charge in [-0.1, -0.05) is 18.2 Å². The van der Waals surface area contributed by atoms with Crippen molar-refractivity contribution in [3.63, 3.8) is 0 Å². The predicted molar refractivity (Wildman–Crippen MR) is 173 cm³/mol. The largest absolute Gasteiger partial charge is 0.398 e. The highest BCUT2D eigenvalue weighted by molar-refractivity contribution is 6.06. The van der Waals surface area contributed by atoms with Crippen LogP contribution in [0.2, 0.25) is 0 Å². The number of ether oxygens (including phenoxy) is 2. The first kappa shape index (κ1) is 31.1. The van der Waals surface area contributed by atoms with Crippen LogP contribution >= 0.6 is 0 Å². The number of aromatic nitrogens is 2. The average molecular weight is 624 g/mol. The molecule has 2 aromatic heterocycles. The Balaban J connectivity index is 1.32. The molecule has 4 heterocycles. The van der Waals surface area contributed by atoms with Crippen molar-refractivity contribution in [1.82, 2.24) is 20.2 Å². The number of fused-ring (bicyclic) bond motifs is 2. The number of likely N-dealkylation sites (N-methyl/N-ethyl adjacent to an activating group) is 1. The van der Waals surface area contributed by atoms with Crippen LogP contribution in [-0.4, -0.2) is 84.9 Å². The van der Waals surface area contributed by atoms with Gasteiger partial charge in [-0.25, -0.2) is 4.98 Å². The van der Waals surface area contributed by atoms with E-state index in [1.54, 1.807) is 25.4 Å². The van der Waals surface area contributed by atoms with Gasteiger partial charge >= 0.3 is 0 Å². The third-order valence-corrected chi connectivity index (χ3v) is 8.90. The molecule has 3 aromatic rings. The van der Waals surface area contributed by atoms with Gasteiger partial charge in [0.25, 0.3) is 5.91 Å². The Kier molecular flexibility index (Phi) is 8.65. The molecule has 46 heavy (non-hydrogen) atoms. The van der Waals surface area contributed by atoms with E-state index in [1.807, 2.05) is 31.2 Å². The molecule has 12 nitrogen and oxygen atoms in total. The lowest BCUT2D eigenvalue weighted by atomic mass is 9.79. The molecule has 0 unspecified atom stereocenters. The van der Waals surface area contributed by atoms with Gasteiger partial charge in [-0.3, -0.25) is 19.4 Å². The molecule has 1 aliphatic carbocycles. The highest BCUT2D eigenvalue weighted by Crippen LogP contribution is 2.46. The first-order valence-electron chi connectivity index (χ1n) is 15.3. The summed E-state index contributed by atoms with van der Waals surface area (Å²) >= 11 is 0. The summed E-state index contributed by atoms with van der Waals surface area (Å²) in [5, 5.41) is 13.6. The first-order chi connectivity index (χ1) is 22.2. The van der Waals surface area contributed by atoms with E-state index in [-0.39, 0.29) is 18.2 Å². The molecule has 3 aliphatic rings. The summed E-state index contributed by atoms with van der Waals surface area (Å²) in [7, 11) is 1.67. The number of nitrogen functional groups attached to an aromatic ring is 1. The lowest BCUT2D eigenvalue weighted by Crippen LogP contribution is -2.49. The number of rotatable bonds is 3. The third kappa shape index (κ3) is 6.01. The highest BCUT2D eigenvalue weighted by atomic mass is 16.5. The van der Waals surface area contributed by atoms with Gasteiger partial charge in [-0.15, -0.1) is 0 Å². The number of nitrogens with zero attached hydrogens (tertiary/aromatic N) is 3. The summed E-state index contributed by atoms with van der Waals surface area (Å²) in [5.74, 6) is -0.356. The van der Waals surface area contributed by atoms with E-state index in [4.69, 9.17) is 20.6 Å². The number of nitrogens with one attached hydrogen (secondary N) is 3. The second-order valence-electron chi connectivity index (χ2n) is 12.0. The van der Waals surface area contributed by atoms with Crippen LogP contribution in [0.4, 0.5) is 11.5 Å². The molecule has 1 spiro atoms. The second kappa shape index (κ2) is 12.8. The highest BCUT2D eigenvalue weighted by Gasteiger charge is 2.52. The van der Waals surface area contributed by atoms with Gasteiger partial charge < -0.3 is 36.2 Å². The van der Waals surface area contributed by atoms with Gasteiger partial charge in [-0.05, 0) is 53.8 Å². The summed E-state index contributed by atoms with van der Waals surface area (Å²) in [6, 6.07) is 6.45. The molecule has 5 N–H and O–H groups in total. The van der Waals surface area contributed by atoms with Crippen molar-refractivity contribution < 1.29 is 23.9 Å². The van der Waals surface area contributed by atoms with E-state index in [0.29, 0.717) is 68.4 Å². The van der Waals surface area contributed by atoms with Gasteiger partial charge in [0, 0.05) is 67.6 Å². The Morgan fingerprint density at radius 3 is 2.74 bits per heavy atom. The molecule has 0 saturated carbocycles. The Morgan fingerprint density at radius 1 is 1.09 bits per heavy atom. The number of carbonyl (C=O) groups is 3. The molecular weight excluding hydrogens is 586 g/mol. The smallest absolute Gasteiger partial charge is 0.253 e. The number of hydrogen-bond donors (Lipinski definition) is 4. The maximum absolute atomic E-state index is 13.7. The summed E-state index contributed by atoms with van der Waals surface area (Å²) in [6.45, 7) is 3.57. The lowest BCUT2D eigenvalue weighted by Gasteiger charge is -2.25. The van der Waals surface area contributed by atoms with Crippen LogP contribution < -0.4 is 16.4 Å². The third-order valence-electron chi connectivity index (χ3n) is 8.90. The van der Waals surface area contributed by atoms with Gasteiger partial charge in [0.2, 0.25) is 11.8 Å². The van der Waals surface area contributed by atoms with Gasteiger partial charge in [0.05, 0.1) is 37.4 Å². The van der Waals surface area contributed by atoms with Crippen molar-refractivity contribution in [3.8, 4) is 0 Å². The zero-order chi connectivity index (χ0) is 32.4. The number of pyridine rings is 2. The average Bonchev–Trinajstić information content (AvgIpc) is 3.56. The van der Waals surface area contributed by atoms with E-state index in [0.717, 1.165) is 33.5 Å². The Morgan fingerprint density at radius 2 is 1.91 bits per heavy atom. The Labute approximate surface area is 266 Å². The van der Waals surface area contributed by atoms with E-state index >= 15 is 0 Å². The van der Waals surface area contributed by atoms with E-state index in [9.17, 15) is 14.4 Å². The monoisotopic (exact) mass is 623 g/mol. The lowest BCUT2D eigenvalue weighted by molar-refractivity contribution is -0.132. The van der Waals surface area contributed by atoms with Crippen LogP contribution in [-0.2, 0) is 43.7 Å². The van der Waals surface area contributed by atoms with E-state index in [2.05, 4.69) is 20.6 Å². The van der Waals surface area contributed by atoms with Crippen LogP contribution in [0.3, 0.4) is 0 Å². The molecule has 0 saturated heterocycles. The first-order valence-corrected chi connectivity index (χ1v) is 15.3. The quantitative estimate of drug-likeness (QED) is 0.254. The van der Waals surface area contributed by atoms with Crippen LogP contribution in [0.25, 0.3) is 6.08 Å². The zero-order valence-electron chi connectivity index (χ0n) is 25.9. The van der Waals surface area contributed by atoms with Crippen molar-refractivity contribution in [1.29, 1.82) is 5.41 Å². The molecule has 2 aliphatic heterocycles.